The molecule has 0 N–H and O–H groups in total. The van der Waals surface area contributed by atoms with Crippen LogP contribution in [0.5, 0.6) is 5.75 Å². The van der Waals surface area contributed by atoms with Crippen molar-refractivity contribution in [2.45, 2.75) is 31.9 Å². The number of carbonyl (C=O) groups is 1. The zero-order chi connectivity index (χ0) is 17.1. The van der Waals surface area contributed by atoms with Gasteiger partial charge in [0.25, 0.3) is 5.91 Å². The largest absolute Gasteiger partial charge is 0.493 e. The Kier molecular flexibility index (Phi) is 4.70. The summed E-state index contributed by atoms with van der Waals surface area (Å²) in [5, 5.41) is 0. The van der Waals surface area contributed by atoms with E-state index in [-0.39, 0.29) is 12.0 Å². The van der Waals surface area contributed by atoms with Crippen LogP contribution in [-0.2, 0) is 17.7 Å². The van der Waals surface area contributed by atoms with Gasteiger partial charge in [0.15, 0.2) is 0 Å². The molecule has 0 saturated carbocycles. The molecule has 0 spiro atoms. The van der Waals surface area contributed by atoms with Crippen molar-refractivity contribution in [3.05, 3.63) is 65.2 Å². The van der Waals surface area contributed by atoms with Gasteiger partial charge in [-0.3, -0.25) is 4.79 Å². The fraction of sp³-hybridized carbons (Fsp3) is 0.381. The zero-order valence-corrected chi connectivity index (χ0v) is 14.3. The van der Waals surface area contributed by atoms with Crippen molar-refractivity contribution in [1.82, 2.24) is 4.90 Å². The number of amides is 1. The Morgan fingerprint density at radius 1 is 1.12 bits per heavy atom. The topological polar surface area (TPSA) is 38.8 Å². The average molecular weight is 337 g/mol. The Hall–Kier alpha value is -2.33. The Labute approximate surface area is 148 Å². The third-order valence-corrected chi connectivity index (χ3v) is 4.89. The molecular weight excluding hydrogens is 314 g/mol. The van der Waals surface area contributed by atoms with Crippen LogP contribution < -0.4 is 4.74 Å². The van der Waals surface area contributed by atoms with Gasteiger partial charge in [-0.1, -0.05) is 30.3 Å². The molecule has 0 bridgehead atoms. The van der Waals surface area contributed by atoms with E-state index in [1.165, 1.54) is 0 Å². The summed E-state index contributed by atoms with van der Waals surface area (Å²) in [6.45, 7) is 2.75. The van der Waals surface area contributed by atoms with Gasteiger partial charge in [-0.2, -0.15) is 0 Å². The zero-order valence-electron chi connectivity index (χ0n) is 14.3. The maximum atomic E-state index is 13.2. The van der Waals surface area contributed by atoms with Gasteiger partial charge in [-0.05, 0) is 42.2 Å². The number of nitrogens with zero attached hydrogens (tertiary/aromatic N) is 1. The smallest absolute Gasteiger partial charge is 0.254 e. The van der Waals surface area contributed by atoms with Crippen molar-refractivity contribution in [2.24, 2.45) is 0 Å². The van der Waals surface area contributed by atoms with Gasteiger partial charge in [-0.25, -0.2) is 0 Å². The number of ether oxygens (including phenoxy) is 2. The third kappa shape index (κ3) is 3.69. The van der Waals surface area contributed by atoms with Crippen LogP contribution in [0.4, 0.5) is 0 Å². The average Bonchev–Trinajstić information content (AvgIpc) is 3.32. The molecule has 4 nitrogen and oxygen atoms in total. The first-order valence-electron chi connectivity index (χ1n) is 9.00. The molecular formula is C21H23NO3. The van der Waals surface area contributed by atoms with E-state index in [2.05, 4.69) is 12.1 Å². The Balaban J connectivity index is 1.56. The fourth-order valence-corrected chi connectivity index (χ4v) is 3.56. The van der Waals surface area contributed by atoms with Gasteiger partial charge in [0.1, 0.15) is 5.75 Å². The summed E-state index contributed by atoms with van der Waals surface area (Å²) in [5.74, 6) is 0.972. The maximum Gasteiger partial charge on any atom is 0.254 e. The van der Waals surface area contributed by atoms with E-state index < -0.39 is 0 Å². The molecule has 1 atom stereocenters. The molecule has 25 heavy (non-hydrogen) atoms. The van der Waals surface area contributed by atoms with Crippen molar-refractivity contribution in [3.8, 4) is 5.75 Å². The SMILES string of the molecule is O=C(c1ccc2c(c1)CCO2)N(Cc1ccccc1)C[C@@H]1CCCO1. The fourth-order valence-electron chi connectivity index (χ4n) is 3.56. The third-order valence-electron chi connectivity index (χ3n) is 4.89. The minimum absolute atomic E-state index is 0.0639. The van der Waals surface area contributed by atoms with Crippen LogP contribution >= 0.6 is 0 Å². The molecule has 130 valence electrons. The molecule has 1 fully saturated rings. The van der Waals surface area contributed by atoms with Gasteiger partial charge in [0, 0.05) is 31.7 Å². The molecule has 4 heteroatoms. The minimum atomic E-state index is 0.0639. The number of fused-ring (bicyclic) bond motifs is 1. The predicted molar refractivity (Wildman–Crippen MR) is 95.8 cm³/mol. The Bertz CT molecular complexity index is 738. The summed E-state index contributed by atoms with van der Waals surface area (Å²) in [6, 6.07) is 15.9. The molecule has 0 unspecified atom stereocenters. The van der Waals surface area contributed by atoms with Crippen molar-refractivity contribution in [3.63, 3.8) is 0 Å². The monoisotopic (exact) mass is 337 g/mol. The second kappa shape index (κ2) is 7.28. The van der Waals surface area contributed by atoms with Crippen LogP contribution in [0.2, 0.25) is 0 Å². The van der Waals surface area contributed by atoms with Crippen LogP contribution in [-0.4, -0.2) is 36.7 Å². The van der Waals surface area contributed by atoms with E-state index in [1.54, 1.807) is 0 Å². The van der Waals surface area contributed by atoms with Crippen molar-refractivity contribution < 1.29 is 14.3 Å². The highest BCUT2D eigenvalue weighted by atomic mass is 16.5. The number of hydrogen-bond donors (Lipinski definition) is 0. The number of rotatable bonds is 5. The predicted octanol–water partition coefficient (Wildman–Crippen LogP) is 3.44. The number of benzene rings is 2. The summed E-state index contributed by atoms with van der Waals surface area (Å²) in [5.41, 5.74) is 3.00. The molecule has 2 heterocycles. The second-order valence-corrected chi connectivity index (χ2v) is 6.73. The lowest BCUT2D eigenvalue weighted by molar-refractivity contribution is 0.0507. The summed E-state index contributed by atoms with van der Waals surface area (Å²) in [7, 11) is 0. The first-order valence-corrected chi connectivity index (χ1v) is 9.00. The van der Waals surface area contributed by atoms with Gasteiger partial charge < -0.3 is 14.4 Å². The molecule has 1 saturated heterocycles. The lowest BCUT2D eigenvalue weighted by atomic mass is 10.1. The molecule has 0 aliphatic carbocycles. The summed E-state index contributed by atoms with van der Waals surface area (Å²) in [4.78, 5) is 15.1. The lowest BCUT2D eigenvalue weighted by Gasteiger charge is -2.26. The minimum Gasteiger partial charge on any atom is -0.493 e. The van der Waals surface area contributed by atoms with Gasteiger partial charge in [0.05, 0.1) is 12.7 Å². The van der Waals surface area contributed by atoms with Crippen LogP contribution in [0.25, 0.3) is 0 Å². The standard InChI is InChI=1S/C21H23NO3/c23-21(18-8-9-20-17(13-18)10-12-25-20)22(15-19-7-4-11-24-19)14-16-5-2-1-3-6-16/h1-3,5-6,8-9,13,19H,4,7,10-12,14-15H2/t19-/m0/s1. The Morgan fingerprint density at radius 3 is 2.80 bits per heavy atom. The molecule has 4 rings (SSSR count). The van der Waals surface area contributed by atoms with Crippen LogP contribution in [0.15, 0.2) is 48.5 Å². The highest BCUT2D eigenvalue weighted by Crippen LogP contribution is 2.27. The first kappa shape index (κ1) is 16.2. The molecule has 0 radical (unpaired) electrons. The lowest BCUT2D eigenvalue weighted by Crippen LogP contribution is -2.37. The van der Waals surface area contributed by atoms with E-state index in [0.29, 0.717) is 19.7 Å². The molecule has 0 aromatic heterocycles. The summed E-state index contributed by atoms with van der Waals surface area (Å²) >= 11 is 0. The normalized spacial score (nSPS) is 18.6. The number of carbonyl (C=O) groups excluding carboxylic acids is 1. The van der Waals surface area contributed by atoms with Crippen LogP contribution in [0.3, 0.4) is 0 Å². The van der Waals surface area contributed by atoms with Gasteiger partial charge in [-0.15, -0.1) is 0 Å². The maximum absolute atomic E-state index is 13.2. The highest BCUT2D eigenvalue weighted by molar-refractivity contribution is 5.94. The Morgan fingerprint density at radius 2 is 2.00 bits per heavy atom. The highest BCUT2D eigenvalue weighted by Gasteiger charge is 2.24. The van der Waals surface area contributed by atoms with E-state index in [0.717, 1.165) is 48.3 Å². The molecule has 2 aromatic rings. The molecule has 2 aliphatic heterocycles. The van der Waals surface area contributed by atoms with Crippen LogP contribution in [0.1, 0.15) is 34.3 Å². The van der Waals surface area contributed by atoms with E-state index >= 15 is 0 Å². The van der Waals surface area contributed by atoms with E-state index in [4.69, 9.17) is 9.47 Å². The van der Waals surface area contributed by atoms with Crippen LogP contribution in [0, 0.1) is 0 Å². The van der Waals surface area contributed by atoms with Crippen molar-refractivity contribution in [1.29, 1.82) is 0 Å². The summed E-state index contributed by atoms with van der Waals surface area (Å²) < 4.78 is 11.3. The van der Waals surface area contributed by atoms with Crippen molar-refractivity contribution >= 4 is 5.91 Å². The molecule has 2 aliphatic rings. The van der Waals surface area contributed by atoms with Gasteiger partial charge >= 0.3 is 0 Å². The molecule has 1 amide bonds. The van der Waals surface area contributed by atoms with E-state index in [9.17, 15) is 4.79 Å². The second-order valence-electron chi connectivity index (χ2n) is 6.73. The van der Waals surface area contributed by atoms with Gasteiger partial charge in [0.2, 0.25) is 0 Å². The molecule has 2 aromatic carbocycles. The quantitative estimate of drug-likeness (QED) is 0.839. The van der Waals surface area contributed by atoms with Crippen molar-refractivity contribution in [2.75, 3.05) is 19.8 Å². The summed E-state index contributed by atoms with van der Waals surface area (Å²) in [6.07, 6.45) is 3.12. The first-order chi connectivity index (χ1) is 12.3. The number of hydrogen-bond acceptors (Lipinski definition) is 3. The van der Waals surface area contributed by atoms with E-state index in [1.807, 2.05) is 41.3 Å².